The van der Waals surface area contributed by atoms with Gasteiger partial charge in [-0.05, 0) is 75.4 Å². The summed E-state index contributed by atoms with van der Waals surface area (Å²) in [6.07, 6.45) is -2.54. The summed E-state index contributed by atoms with van der Waals surface area (Å²) in [5.41, 5.74) is 2.09. The summed E-state index contributed by atoms with van der Waals surface area (Å²) in [6, 6.07) is 6.90. The van der Waals surface area contributed by atoms with Crippen LogP contribution in [0.25, 0.3) is 11.2 Å². The van der Waals surface area contributed by atoms with E-state index in [1.54, 1.807) is 16.0 Å². The van der Waals surface area contributed by atoms with E-state index in [9.17, 15) is 22.8 Å². The van der Waals surface area contributed by atoms with E-state index in [0.717, 1.165) is 23.2 Å². The maximum Gasteiger partial charge on any atom is 0.573 e. The highest BCUT2D eigenvalue weighted by molar-refractivity contribution is 5.94. The van der Waals surface area contributed by atoms with Crippen molar-refractivity contribution in [3.05, 3.63) is 53.5 Å². The lowest BCUT2D eigenvalue weighted by atomic mass is 9.89. The Balaban J connectivity index is 1.24. The first-order chi connectivity index (χ1) is 19.4. The van der Waals surface area contributed by atoms with Crippen LogP contribution in [-0.2, 0) is 9.47 Å². The fourth-order valence-electron chi connectivity index (χ4n) is 5.12. The van der Waals surface area contributed by atoms with Crippen molar-refractivity contribution in [2.45, 2.75) is 57.6 Å². The second-order valence-electron chi connectivity index (χ2n) is 11.1. The number of alkyl halides is 3. The lowest BCUT2D eigenvalue weighted by Gasteiger charge is -2.33. The van der Waals surface area contributed by atoms with Gasteiger partial charge in [0.25, 0.3) is 5.91 Å². The number of imidazole rings is 1. The van der Waals surface area contributed by atoms with Crippen molar-refractivity contribution >= 4 is 23.2 Å². The van der Waals surface area contributed by atoms with Gasteiger partial charge in [-0.3, -0.25) is 4.79 Å². The quantitative estimate of drug-likeness (QED) is 0.456. The van der Waals surface area contributed by atoms with E-state index in [4.69, 9.17) is 9.47 Å². The van der Waals surface area contributed by atoms with Crippen molar-refractivity contribution in [3.8, 4) is 5.75 Å². The van der Waals surface area contributed by atoms with E-state index < -0.39 is 24.2 Å². The Kier molecular flexibility index (Phi) is 7.82. The highest BCUT2D eigenvalue weighted by Gasteiger charge is 2.33. The van der Waals surface area contributed by atoms with Gasteiger partial charge in [0.15, 0.2) is 5.65 Å². The van der Waals surface area contributed by atoms with Gasteiger partial charge in [-0.15, -0.1) is 13.2 Å². The van der Waals surface area contributed by atoms with Gasteiger partial charge < -0.3 is 29.0 Å². The molecule has 0 radical (unpaired) electrons. The van der Waals surface area contributed by atoms with Crippen molar-refractivity contribution in [1.29, 1.82) is 0 Å². The van der Waals surface area contributed by atoms with Gasteiger partial charge in [-0.2, -0.15) is 0 Å². The van der Waals surface area contributed by atoms with Gasteiger partial charge in [-0.1, -0.05) is 0 Å². The van der Waals surface area contributed by atoms with E-state index in [1.165, 1.54) is 12.1 Å². The number of carbonyl (C=O) groups is 2. The third-order valence-corrected chi connectivity index (χ3v) is 7.02. The first kappa shape index (κ1) is 28.7. The maximum absolute atomic E-state index is 13.0. The predicted octanol–water partition coefficient (Wildman–Crippen LogP) is 5.18. The van der Waals surface area contributed by atoms with Crippen molar-refractivity contribution in [2.24, 2.45) is 0 Å². The number of H-pyrrole nitrogens is 1. The summed E-state index contributed by atoms with van der Waals surface area (Å²) in [7, 11) is 0. The zero-order valence-electron chi connectivity index (χ0n) is 23.0. The Hall–Kier alpha value is -3.87. The van der Waals surface area contributed by atoms with Crippen LogP contribution in [0.3, 0.4) is 0 Å². The molecule has 4 heterocycles. The first-order valence-electron chi connectivity index (χ1n) is 13.5. The van der Waals surface area contributed by atoms with Gasteiger partial charge in [0, 0.05) is 31.4 Å². The number of carbonyl (C=O) groups excluding carboxylic acids is 2. The first-order valence-corrected chi connectivity index (χ1v) is 13.5. The number of benzene rings is 1. The largest absolute Gasteiger partial charge is 0.573 e. The second kappa shape index (κ2) is 11.2. The van der Waals surface area contributed by atoms with Gasteiger partial charge in [-0.25, -0.2) is 14.8 Å². The Morgan fingerprint density at radius 1 is 1.02 bits per heavy atom. The summed E-state index contributed by atoms with van der Waals surface area (Å²) in [5.74, 6) is 0.115. The molecule has 1 unspecified atom stereocenters. The molecule has 2 amide bonds. The minimum atomic E-state index is -4.79. The fourth-order valence-corrected chi connectivity index (χ4v) is 5.12. The summed E-state index contributed by atoms with van der Waals surface area (Å²) in [6.45, 7) is 7.53. The standard InChI is InChI=1S/C28H32F3N5O5/c1-27(2,3)41-26(38)36-14-15-39-21(16-36)23-33-22-20(8-11-32-24(22)34-23)17-9-12-35(13-10-17)25(37)18-4-6-19(7-5-18)40-28(29,30)31/h4-8,11,17,21H,9-10,12-16H2,1-3H3,(H,32,33,34). The Bertz CT molecular complexity index is 1390. The van der Waals surface area contributed by atoms with Crippen LogP contribution in [0.15, 0.2) is 36.5 Å². The number of hydrogen-bond donors (Lipinski definition) is 1. The van der Waals surface area contributed by atoms with Crippen LogP contribution in [-0.4, -0.2) is 81.5 Å². The molecule has 0 aliphatic carbocycles. The van der Waals surface area contributed by atoms with Gasteiger partial charge in [0.1, 0.15) is 23.3 Å². The highest BCUT2D eigenvalue weighted by atomic mass is 19.4. The molecule has 1 N–H and O–H groups in total. The van der Waals surface area contributed by atoms with Crippen molar-refractivity contribution in [1.82, 2.24) is 24.8 Å². The number of hydrogen-bond acceptors (Lipinski definition) is 7. The van der Waals surface area contributed by atoms with Gasteiger partial charge in [0.2, 0.25) is 0 Å². The maximum atomic E-state index is 13.0. The Morgan fingerprint density at radius 2 is 1.73 bits per heavy atom. The average Bonchev–Trinajstić information content (AvgIpc) is 3.36. The molecule has 10 nitrogen and oxygen atoms in total. The minimum Gasteiger partial charge on any atom is -0.444 e. The van der Waals surface area contributed by atoms with Crippen LogP contribution >= 0.6 is 0 Å². The zero-order chi connectivity index (χ0) is 29.4. The number of piperidine rings is 1. The molecule has 41 heavy (non-hydrogen) atoms. The molecule has 2 aromatic heterocycles. The van der Waals surface area contributed by atoms with E-state index in [1.807, 2.05) is 26.8 Å². The summed E-state index contributed by atoms with van der Waals surface area (Å²) in [4.78, 5) is 41.3. The summed E-state index contributed by atoms with van der Waals surface area (Å²) in [5, 5.41) is 0. The molecule has 2 aliphatic rings. The lowest BCUT2D eigenvalue weighted by Crippen LogP contribution is -2.44. The van der Waals surface area contributed by atoms with Crippen LogP contribution < -0.4 is 4.74 Å². The number of rotatable bonds is 4. The van der Waals surface area contributed by atoms with Crippen molar-refractivity contribution in [3.63, 3.8) is 0 Å². The molecular weight excluding hydrogens is 543 g/mol. The van der Waals surface area contributed by atoms with Crippen LogP contribution in [0, 0.1) is 0 Å². The van der Waals surface area contributed by atoms with E-state index in [0.29, 0.717) is 62.7 Å². The van der Waals surface area contributed by atoms with Crippen LogP contribution in [0.1, 0.15) is 67.4 Å². The van der Waals surface area contributed by atoms with Gasteiger partial charge >= 0.3 is 12.5 Å². The van der Waals surface area contributed by atoms with Crippen LogP contribution in [0.4, 0.5) is 18.0 Å². The topological polar surface area (TPSA) is 110 Å². The molecule has 0 spiro atoms. The number of aromatic amines is 1. The molecule has 13 heteroatoms. The minimum absolute atomic E-state index is 0.144. The Labute approximate surface area is 234 Å². The second-order valence-corrected chi connectivity index (χ2v) is 11.1. The third-order valence-electron chi connectivity index (χ3n) is 7.02. The molecule has 3 aromatic rings. The Morgan fingerprint density at radius 3 is 2.39 bits per heavy atom. The normalized spacial score (nSPS) is 18.9. The summed E-state index contributed by atoms with van der Waals surface area (Å²) >= 11 is 0. The number of pyridine rings is 1. The zero-order valence-corrected chi connectivity index (χ0v) is 23.0. The number of fused-ring (bicyclic) bond motifs is 1. The van der Waals surface area contributed by atoms with Crippen LogP contribution in [0.5, 0.6) is 5.75 Å². The number of nitrogens with zero attached hydrogens (tertiary/aromatic N) is 4. The number of nitrogens with one attached hydrogen (secondary N) is 1. The number of ether oxygens (including phenoxy) is 3. The van der Waals surface area contributed by atoms with E-state index >= 15 is 0 Å². The fraction of sp³-hybridized carbons (Fsp3) is 0.500. The van der Waals surface area contributed by atoms with Crippen molar-refractivity contribution < 1.29 is 37.0 Å². The number of likely N-dealkylation sites (tertiary alicyclic amines) is 1. The molecule has 0 saturated carbocycles. The molecule has 220 valence electrons. The number of morpholine rings is 1. The lowest BCUT2D eigenvalue weighted by molar-refractivity contribution is -0.274. The van der Waals surface area contributed by atoms with Crippen LogP contribution in [0.2, 0.25) is 0 Å². The summed E-state index contributed by atoms with van der Waals surface area (Å²) < 4.78 is 52.6. The van der Waals surface area contributed by atoms with E-state index in [-0.39, 0.29) is 17.6 Å². The number of amides is 2. The van der Waals surface area contributed by atoms with Gasteiger partial charge in [0.05, 0.1) is 18.7 Å². The highest BCUT2D eigenvalue weighted by Crippen LogP contribution is 2.34. The smallest absolute Gasteiger partial charge is 0.444 e. The number of aromatic nitrogens is 3. The molecule has 2 saturated heterocycles. The molecule has 0 bridgehead atoms. The van der Waals surface area contributed by atoms with Crippen molar-refractivity contribution in [2.75, 3.05) is 32.8 Å². The van der Waals surface area contributed by atoms with E-state index in [2.05, 4.69) is 19.7 Å². The molecule has 1 aromatic carbocycles. The SMILES string of the molecule is CC(C)(C)OC(=O)N1CCOC(c2nc3nccc(C4CCN(C(=O)c5ccc(OC(F)(F)F)cc5)CC4)c3[nH]2)C1. The molecular formula is C28H32F3N5O5. The molecule has 2 aliphatic heterocycles. The molecule has 5 rings (SSSR count). The monoisotopic (exact) mass is 575 g/mol. The molecule has 1 atom stereocenters. The molecule has 2 fully saturated rings. The average molecular weight is 576 g/mol. The number of halogens is 3. The third kappa shape index (κ3) is 6.89. The predicted molar refractivity (Wildman–Crippen MR) is 141 cm³/mol.